The summed E-state index contributed by atoms with van der Waals surface area (Å²) in [5, 5.41) is 10.4. The number of halogens is 3. The Morgan fingerprint density at radius 1 is 1.06 bits per heavy atom. The van der Waals surface area contributed by atoms with Gasteiger partial charge in [-0.1, -0.05) is 35.9 Å². The first-order chi connectivity index (χ1) is 25.4. The molecule has 2 aromatic heterocycles. The number of aromatic amines is 1. The number of hydrogen-bond acceptors (Lipinski definition) is 7. The van der Waals surface area contributed by atoms with Crippen molar-refractivity contribution in [1.29, 1.82) is 0 Å². The molecule has 0 saturated carbocycles. The zero-order valence-electron chi connectivity index (χ0n) is 29.8. The molecule has 14 heteroatoms. The van der Waals surface area contributed by atoms with Gasteiger partial charge in [-0.15, -0.1) is 0 Å². The third kappa shape index (κ3) is 7.73. The van der Waals surface area contributed by atoms with Crippen molar-refractivity contribution in [2.24, 2.45) is 18.9 Å². The van der Waals surface area contributed by atoms with Gasteiger partial charge < -0.3 is 14.2 Å². The van der Waals surface area contributed by atoms with E-state index in [2.05, 4.69) is 20.4 Å². The summed E-state index contributed by atoms with van der Waals surface area (Å²) >= 11 is 6.85. The fourth-order valence-electron chi connectivity index (χ4n) is 8.10. The van der Waals surface area contributed by atoms with E-state index in [1.165, 1.54) is 9.47 Å². The highest BCUT2D eigenvalue weighted by atomic mass is 35.5. The fourth-order valence-corrected chi connectivity index (χ4v) is 8.37. The van der Waals surface area contributed by atoms with E-state index in [4.69, 9.17) is 16.3 Å². The lowest BCUT2D eigenvalue weighted by Gasteiger charge is -2.39. The van der Waals surface area contributed by atoms with Crippen molar-refractivity contribution in [3.05, 3.63) is 80.9 Å². The van der Waals surface area contributed by atoms with E-state index >= 15 is 8.78 Å². The van der Waals surface area contributed by atoms with Crippen molar-refractivity contribution in [3.8, 4) is 16.9 Å². The van der Waals surface area contributed by atoms with Gasteiger partial charge in [-0.2, -0.15) is 5.10 Å². The van der Waals surface area contributed by atoms with Crippen molar-refractivity contribution < 1.29 is 27.9 Å². The summed E-state index contributed by atoms with van der Waals surface area (Å²) in [5.41, 5.74) is 4.06. The first-order valence-electron chi connectivity index (χ1n) is 18.1. The molecule has 7 rings (SSSR count). The number of benzene rings is 2. The normalized spacial score (nSPS) is 21.2. The molecule has 5 heterocycles. The summed E-state index contributed by atoms with van der Waals surface area (Å²) in [6.07, 6.45) is 6.54. The van der Waals surface area contributed by atoms with Crippen LogP contribution in [0.3, 0.4) is 0 Å². The molecule has 2 atom stereocenters. The molecule has 3 amide bonds. The third-order valence-electron chi connectivity index (χ3n) is 11.2. The second kappa shape index (κ2) is 15.0. The third-order valence-corrected chi connectivity index (χ3v) is 11.5. The maximum absolute atomic E-state index is 15.5. The average molecular weight is 749 g/mol. The van der Waals surface area contributed by atoms with Crippen LogP contribution in [0, 0.1) is 11.8 Å². The van der Waals surface area contributed by atoms with Crippen LogP contribution in [0.25, 0.3) is 22.0 Å². The van der Waals surface area contributed by atoms with Crippen molar-refractivity contribution in [3.63, 3.8) is 0 Å². The van der Waals surface area contributed by atoms with Gasteiger partial charge in [0.2, 0.25) is 17.7 Å². The zero-order valence-corrected chi connectivity index (χ0v) is 30.6. The Morgan fingerprint density at radius 3 is 2.51 bits per heavy atom. The minimum atomic E-state index is -3.07. The molecule has 3 aliphatic rings. The molecule has 2 unspecified atom stereocenters. The molecule has 2 N–H and O–H groups in total. The number of rotatable bonds is 9. The molecule has 4 aromatic rings. The second-order valence-electron chi connectivity index (χ2n) is 14.7. The van der Waals surface area contributed by atoms with E-state index in [0.717, 1.165) is 48.2 Å². The minimum absolute atomic E-state index is 0.101. The van der Waals surface area contributed by atoms with Crippen LogP contribution in [0.1, 0.15) is 61.1 Å². The van der Waals surface area contributed by atoms with Crippen molar-refractivity contribution in [2.45, 2.75) is 63.3 Å². The highest BCUT2D eigenvalue weighted by Gasteiger charge is 2.46. The SMILES string of the molecule is COc1cc(-c2cn(C)c(=O)c3[nH]ncc23)cc(Cl)c1CN1CCC(CC(=O)N2CCC(c3ccc(CC4CCC(=O)NC4=O)cc3)C(F)(F)C2)CC1. The maximum Gasteiger partial charge on any atom is 0.276 e. The van der Waals surface area contributed by atoms with Crippen LogP contribution in [0.15, 0.2) is 53.6 Å². The number of carbonyl (C=O) groups excluding carboxylic acids is 3. The van der Waals surface area contributed by atoms with Crippen molar-refractivity contribution in [2.75, 3.05) is 33.3 Å². The summed E-state index contributed by atoms with van der Waals surface area (Å²) in [4.78, 5) is 53.0. The summed E-state index contributed by atoms with van der Waals surface area (Å²) in [6.45, 7) is 1.68. The van der Waals surface area contributed by atoms with Crippen LogP contribution in [-0.2, 0) is 34.4 Å². The van der Waals surface area contributed by atoms with Crippen LogP contribution >= 0.6 is 11.6 Å². The predicted molar refractivity (Wildman–Crippen MR) is 196 cm³/mol. The number of pyridine rings is 1. The summed E-state index contributed by atoms with van der Waals surface area (Å²) in [5.74, 6) is -4.43. The number of aryl methyl sites for hydroxylation is 1. The van der Waals surface area contributed by atoms with Crippen LogP contribution in [-0.4, -0.2) is 81.5 Å². The van der Waals surface area contributed by atoms with Gasteiger partial charge in [-0.3, -0.25) is 34.5 Å². The Bertz CT molecular complexity index is 2090. The standard InChI is InChI=1S/C39H43ClF2N6O5/c1-46-20-29(28-19-43-45-36(28)38(46)52)27-17-32(40)30(33(18-27)53-2)21-47-12-9-24(10-13-47)16-35(50)48-14-11-31(39(41,42)22-48)25-5-3-23(4-6-25)15-26-7-8-34(49)44-37(26)51/h3-6,17-20,24,26,31H,7-16,21-22H2,1-2H3,(H,43,45)(H,44,49,51). The Hall–Kier alpha value is -4.62. The molecule has 0 aliphatic carbocycles. The Balaban J connectivity index is 0.917. The Labute approximate surface area is 310 Å². The fraction of sp³-hybridized carbons (Fsp3) is 0.462. The van der Waals surface area contributed by atoms with Crippen LogP contribution in [0.2, 0.25) is 5.02 Å². The van der Waals surface area contributed by atoms with E-state index in [1.807, 2.05) is 12.1 Å². The molecule has 11 nitrogen and oxygen atoms in total. The zero-order chi connectivity index (χ0) is 37.4. The molecule has 3 aliphatic heterocycles. The predicted octanol–water partition coefficient (Wildman–Crippen LogP) is 5.44. The molecular weight excluding hydrogens is 706 g/mol. The highest BCUT2D eigenvalue weighted by molar-refractivity contribution is 6.32. The van der Waals surface area contributed by atoms with Gasteiger partial charge >= 0.3 is 0 Å². The number of aromatic nitrogens is 3. The monoisotopic (exact) mass is 748 g/mol. The summed E-state index contributed by atoms with van der Waals surface area (Å²) < 4.78 is 38.4. The molecule has 280 valence electrons. The van der Waals surface area contributed by atoms with Gasteiger partial charge in [-0.25, -0.2) is 8.78 Å². The summed E-state index contributed by atoms with van der Waals surface area (Å²) in [6, 6.07) is 10.8. The number of alkyl halides is 2. The number of likely N-dealkylation sites (tertiary alicyclic amines) is 2. The smallest absolute Gasteiger partial charge is 0.276 e. The maximum atomic E-state index is 15.5. The number of nitrogens with one attached hydrogen (secondary N) is 2. The van der Waals surface area contributed by atoms with E-state index in [-0.39, 0.29) is 54.5 Å². The lowest BCUT2D eigenvalue weighted by Crippen LogP contribution is -2.50. The van der Waals surface area contributed by atoms with Crippen molar-refractivity contribution in [1.82, 2.24) is 29.9 Å². The van der Waals surface area contributed by atoms with E-state index in [1.54, 1.807) is 50.8 Å². The number of hydrogen-bond donors (Lipinski definition) is 2. The van der Waals surface area contributed by atoms with Crippen LogP contribution in [0.5, 0.6) is 5.75 Å². The number of nitrogens with zero attached hydrogens (tertiary/aromatic N) is 4. The minimum Gasteiger partial charge on any atom is -0.496 e. The van der Waals surface area contributed by atoms with Crippen LogP contribution in [0.4, 0.5) is 8.78 Å². The van der Waals surface area contributed by atoms with Gasteiger partial charge in [-0.05, 0) is 79.9 Å². The molecule has 0 spiro atoms. The first kappa shape index (κ1) is 36.7. The molecular formula is C39H43ClF2N6O5. The topological polar surface area (TPSA) is 130 Å². The van der Waals surface area contributed by atoms with E-state index in [9.17, 15) is 19.2 Å². The molecule has 3 fully saturated rings. The molecule has 3 saturated heterocycles. The number of carbonyl (C=O) groups is 3. The van der Waals surface area contributed by atoms with Gasteiger partial charge in [0, 0.05) is 66.6 Å². The van der Waals surface area contributed by atoms with E-state index < -0.39 is 18.4 Å². The number of fused-ring (bicyclic) bond motifs is 1. The average Bonchev–Trinajstić information content (AvgIpc) is 3.63. The number of ether oxygens (including phenoxy) is 1. The van der Waals surface area contributed by atoms with Gasteiger partial charge in [0.25, 0.3) is 11.5 Å². The Kier molecular flexibility index (Phi) is 10.4. The Morgan fingerprint density at radius 2 is 1.81 bits per heavy atom. The quantitative estimate of drug-likeness (QED) is 0.218. The van der Waals surface area contributed by atoms with Crippen molar-refractivity contribution >= 4 is 40.2 Å². The lowest BCUT2D eigenvalue weighted by atomic mass is 9.84. The molecule has 0 radical (unpaired) electrons. The lowest BCUT2D eigenvalue weighted by molar-refractivity contribution is -0.145. The molecule has 0 bridgehead atoms. The number of imide groups is 1. The number of H-pyrrole nitrogens is 1. The van der Waals surface area contributed by atoms with E-state index in [0.29, 0.717) is 53.0 Å². The number of methoxy groups -OCH3 is 1. The second-order valence-corrected chi connectivity index (χ2v) is 15.1. The molecule has 53 heavy (non-hydrogen) atoms. The summed E-state index contributed by atoms with van der Waals surface area (Å²) in [7, 11) is 3.28. The van der Waals surface area contributed by atoms with Gasteiger partial charge in [0.1, 0.15) is 11.3 Å². The van der Waals surface area contributed by atoms with Gasteiger partial charge in [0.15, 0.2) is 0 Å². The highest BCUT2D eigenvalue weighted by Crippen LogP contribution is 2.41. The molecule has 2 aromatic carbocycles. The number of amides is 3. The first-order valence-corrected chi connectivity index (χ1v) is 18.5. The van der Waals surface area contributed by atoms with Gasteiger partial charge in [0.05, 0.1) is 25.8 Å². The van der Waals surface area contributed by atoms with Crippen LogP contribution < -0.4 is 15.6 Å². The number of piperidine rings is 3. The largest absolute Gasteiger partial charge is 0.496 e.